The zero-order chi connectivity index (χ0) is 14.4. The molecule has 0 aromatic heterocycles. The zero-order valence-electron chi connectivity index (χ0n) is 11.9. The van der Waals surface area contributed by atoms with E-state index in [0.29, 0.717) is 0 Å². The van der Waals surface area contributed by atoms with Gasteiger partial charge in [-0.3, -0.25) is 0 Å². The van der Waals surface area contributed by atoms with Crippen LogP contribution in [0.25, 0.3) is 0 Å². The molecule has 0 saturated carbocycles. The van der Waals surface area contributed by atoms with Crippen molar-refractivity contribution in [2.75, 3.05) is 6.54 Å². The molecule has 0 atom stereocenters. The summed E-state index contributed by atoms with van der Waals surface area (Å²) in [5, 5.41) is 3.35. The van der Waals surface area contributed by atoms with Crippen LogP contribution in [0.5, 0.6) is 0 Å². The molecule has 0 radical (unpaired) electrons. The van der Waals surface area contributed by atoms with Gasteiger partial charge in [-0.05, 0) is 42.3 Å². The first-order valence-corrected chi connectivity index (χ1v) is 8.65. The number of halogens is 1. The molecule has 20 heavy (non-hydrogen) atoms. The van der Waals surface area contributed by atoms with E-state index in [2.05, 4.69) is 77.6 Å². The molecule has 2 aromatic carbocycles. The average Bonchev–Trinajstić information content (AvgIpc) is 2.45. The highest BCUT2D eigenvalue weighted by Crippen LogP contribution is 2.28. The predicted octanol–water partition coefficient (Wildman–Crippen LogP) is 5.16. The smallest absolute Gasteiger partial charge is 0.0234 e. The van der Waals surface area contributed by atoms with Crippen molar-refractivity contribution in [3.8, 4) is 0 Å². The van der Waals surface area contributed by atoms with Crippen LogP contribution in [0.2, 0.25) is 0 Å². The third-order valence-corrected chi connectivity index (χ3v) is 5.03. The summed E-state index contributed by atoms with van der Waals surface area (Å²) in [6, 6.07) is 15.2. The number of hydrogen-bond donors (Lipinski definition) is 1. The SMILES string of the molecule is CCNCc1ccc(SCc2ccccc2C)cc1Br. The number of thioether (sulfide) groups is 1. The van der Waals surface area contributed by atoms with Gasteiger partial charge in [0.2, 0.25) is 0 Å². The van der Waals surface area contributed by atoms with Crippen LogP contribution in [-0.4, -0.2) is 6.54 Å². The third kappa shape index (κ3) is 4.37. The van der Waals surface area contributed by atoms with E-state index in [4.69, 9.17) is 0 Å². The summed E-state index contributed by atoms with van der Waals surface area (Å²) in [5.41, 5.74) is 4.08. The summed E-state index contributed by atoms with van der Waals surface area (Å²) in [6.07, 6.45) is 0. The topological polar surface area (TPSA) is 12.0 Å². The maximum Gasteiger partial charge on any atom is 0.0234 e. The van der Waals surface area contributed by atoms with E-state index in [9.17, 15) is 0 Å². The maximum absolute atomic E-state index is 3.66. The molecule has 0 aliphatic carbocycles. The summed E-state index contributed by atoms with van der Waals surface area (Å²) in [7, 11) is 0. The molecule has 1 N–H and O–H groups in total. The van der Waals surface area contributed by atoms with E-state index in [-0.39, 0.29) is 0 Å². The van der Waals surface area contributed by atoms with Gasteiger partial charge in [-0.1, -0.05) is 53.2 Å². The Kier molecular flexibility index (Phi) is 6.14. The first kappa shape index (κ1) is 15.6. The van der Waals surface area contributed by atoms with E-state index in [1.807, 2.05) is 11.8 Å². The lowest BCUT2D eigenvalue weighted by atomic mass is 10.1. The molecular weight excluding hydrogens is 330 g/mol. The maximum atomic E-state index is 3.66. The highest BCUT2D eigenvalue weighted by Gasteiger charge is 2.03. The van der Waals surface area contributed by atoms with Gasteiger partial charge in [0.15, 0.2) is 0 Å². The van der Waals surface area contributed by atoms with Gasteiger partial charge in [-0.2, -0.15) is 0 Å². The zero-order valence-corrected chi connectivity index (χ0v) is 14.4. The fraction of sp³-hybridized carbons (Fsp3) is 0.294. The monoisotopic (exact) mass is 349 g/mol. The molecule has 0 amide bonds. The van der Waals surface area contributed by atoms with Crippen LogP contribution in [0.15, 0.2) is 51.8 Å². The van der Waals surface area contributed by atoms with Gasteiger partial charge in [0.05, 0.1) is 0 Å². The average molecular weight is 350 g/mol. The molecule has 0 heterocycles. The molecule has 3 heteroatoms. The molecule has 0 aliphatic rings. The minimum atomic E-state index is 0.916. The highest BCUT2D eigenvalue weighted by molar-refractivity contribution is 9.10. The van der Waals surface area contributed by atoms with Crippen molar-refractivity contribution in [2.45, 2.75) is 31.0 Å². The Balaban J connectivity index is 2.00. The Hall–Kier alpha value is -0.770. The molecule has 2 aromatic rings. The summed E-state index contributed by atoms with van der Waals surface area (Å²) < 4.78 is 1.19. The fourth-order valence-corrected chi connectivity index (χ4v) is 3.64. The molecule has 0 bridgehead atoms. The molecular formula is C17H20BrNS. The first-order valence-electron chi connectivity index (χ1n) is 6.87. The van der Waals surface area contributed by atoms with Crippen LogP contribution in [0.3, 0.4) is 0 Å². The van der Waals surface area contributed by atoms with Crippen molar-refractivity contribution in [1.29, 1.82) is 0 Å². The van der Waals surface area contributed by atoms with Crippen LogP contribution >= 0.6 is 27.7 Å². The second kappa shape index (κ2) is 7.87. The third-order valence-electron chi connectivity index (χ3n) is 3.25. The largest absolute Gasteiger partial charge is 0.313 e. The highest BCUT2D eigenvalue weighted by atomic mass is 79.9. The minimum absolute atomic E-state index is 0.916. The fourth-order valence-electron chi connectivity index (χ4n) is 1.95. The van der Waals surface area contributed by atoms with Crippen molar-refractivity contribution in [3.63, 3.8) is 0 Å². The van der Waals surface area contributed by atoms with Gasteiger partial charge in [0.1, 0.15) is 0 Å². The van der Waals surface area contributed by atoms with E-state index in [0.717, 1.165) is 18.8 Å². The lowest BCUT2D eigenvalue weighted by Crippen LogP contribution is -2.11. The Labute approximate surface area is 134 Å². The number of nitrogens with one attached hydrogen (secondary N) is 1. The van der Waals surface area contributed by atoms with E-state index >= 15 is 0 Å². The van der Waals surface area contributed by atoms with Gasteiger partial charge < -0.3 is 5.32 Å². The first-order chi connectivity index (χ1) is 9.70. The van der Waals surface area contributed by atoms with Crippen molar-refractivity contribution in [3.05, 3.63) is 63.6 Å². The predicted molar refractivity (Wildman–Crippen MR) is 92.3 cm³/mol. The standard InChI is InChI=1S/C17H20BrNS/c1-3-19-11-14-8-9-16(10-17(14)18)20-12-15-7-5-4-6-13(15)2/h4-10,19H,3,11-12H2,1-2H3. The summed E-state index contributed by atoms with van der Waals surface area (Å²) in [6.45, 7) is 6.21. The lowest BCUT2D eigenvalue weighted by Gasteiger charge is -2.09. The van der Waals surface area contributed by atoms with Gasteiger partial charge >= 0.3 is 0 Å². The molecule has 0 fully saturated rings. The Morgan fingerprint density at radius 1 is 1.10 bits per heavy atom. The van der Waals surface area contributed by atoms with Crippen LogP contribution in [0, 0.1) is 6.92 Å². The minimum Gasteiger partial charge on any atom is -0.313 e. The van der Waals surface area contributed by atoms with Crippen molar-refractivity contribution < 1.29 is 0 Å². The van der Waals surface area contributed by atoms with Crippen LogP contribution in [0.4, 0.5) is 0 Å². The van der Waals surface area contributed by atoms with E-state index in [1.165, 1.54) is 26.1 Å². The quantitative estimate of drug-likeness (QED) is 0.723. The molecule has 1 nitrogen and oxygen atoms in total. The second-order valence-electron chi connectivity index (χ2n) is 4.75. The lowest BCUT2D eigenvalue weighted by molar-refractivity contribution is 0.724. The van der Waals surface area contributed by atoms with Crippen LogP contribution in [-0.2, 0) is 12.3 Å². The Bertz CT molecular complexity index is 569. The number of aryl methyl sites for hydroxylation is 1. The second-order valence-corrected chi connectivity index (χ2v) is 6.65. The van der Waals surface area contributed by atoms with Crippen LogP contribution in [0.1, 0.15) is 23.6 Å². The van der Waals surface area contributed by atoms with Crippen molar-refractivity contribution >= 4 is 27.7 Å². The van der Waals surface area contributed by atoms with Crippen molar-refractivity contribution in [1.82, 2.24) is 5.32 Å². The van der Waals surface area contributed by atoms with Gasteiger partial charge in [0, 0.05) is 21.7 Å². The Morgan fingerprint density at radius 3 is 2.60 bits per heavy atom. The number of benzene rings is 2. The van der Waals surface area contributed by atoms with Gasteiger partial charge in [0.25, 0.3) is 0 Å². The summed E-state index contributed by atoms with van der Waals surface area (Å²) in [4.78, 5) is 1.31. The Morgan fingerprint density at radius 2 is 1.90 bits per heavy atom. The summed E-state index contributed by atoms with van der Waals surface area (Å²) >= 11 is 5.55. The normalized spacial score (nSPS) is 10.8. The van der Waals surface area contributed by atoms with E-state index in [1.54, 1.807) is 0 Å². The van der Waals surface area contributed by atoms with Crippen molar-refractivity contribution in [2.24, 2.45) is 0 Å². The van der Waals surface area contributed by atoms with Crippen LogP contribution < -0.4 is 5.32 Å². The molecule has 0 spiro atoms. The molecule has 0 aliphatic heterocycles. The van der Waals surface area contributed by atoms with E-state index < -0.39 is 0 Å². The van der Waals surface area contributed by atoms with Gasteiger partial charge in [-0.15, -0.1) is 11.8 Å². The molecule has 2 rings (SSSR count). The number of rotatable bonds is 6. The molecule has 0 saturated heterocycles. The molecule has 106 valence electrons. The summed E-state index contributed by atoms with van der Waals surface area (Å²) in [5.74, 6) is 1.02. The number of hydrogen-bond acceptors (Lipinski definition) is 2. The molecule has 0 unspecified atom stereocenters. The van der Waals surface area contributed by atoms with Gasteiger partial charge in [-0.25, -0.2) is 0 Å².